The molecule has 0 aliphatic rings. The molecule has 0 saturated heterocycles. The predicted octanol–water partition coefficient (Wildman–Crippen LogP) is 1.77. The average molecular weight is 288 g/mol. The second kappa shape index (κ2) is 7.54. The van der Waals surface area contributed by atoms with Gasteiger partial charge < -0.3 is 9.64 Å². The van der Waals surface area contributed by atoms with E-state index in [1.54, 1.807) is 28.0 Å². The Morgan fingerprint density at radius 2 is 2.19 bits per heavy atom. The lowest BCUT2D eigenvalue weighted by Crippen LogP contribution is -2.34. The third kappa shape index (κ3) is 3.88. The van der Waals surface area contributed by atoms with E-state index in [1.807, 2.05) is 32.0 Å². The van der Waals surface area contributed by atoms with Crippen LogP contribution in [0.15, 0.2) is 36.7 Å². The highest BCUT2D eigenvalue weighted by Crippen LogP contribution is 2.07. The molecular weight excluding hydrogens is 268 g/mol. The van der Waals surface area contributed by atoms with Gasteiger partial charge >= 0.3 is 0 Å². The van der Waals surface area contributed by atoms with Crippen molar-refractivity contribution in [3.8, 4) is 5.82 Å². The quantitative estimate of drug-likeness (QED) is 0.728. The normalized spacial score (nSPS) is 10.6. The van der Waals surface area contributed by atoms with E-state index < -0.39 is 0 Å². The van der Waals surface area contributed by atoms with Gasteiger partial charge in [0.15, 0.2) is 5.82 Å². The maximum atomic E-state index is 12.5. The summed E-state index contributed by atoms with van der Waals surface area (Å²) in [5.41, 5.74) is 0.418. The average Bonchev–Trinajstić information content (AvgIpc) is 3.06. The van der Waals surface area contributed by atoms with Gasteiger partial charge in [-0.3, -0.25) is 4.79 Å². The first-order valence-electron chi connectivity index (χ1n) is 7.10. The summed E-state index contributed by atoms with van der Waals surface area (Å²) in [5, 5.41) is 4.12. The minimum atomic E-state index is -0.0915. The Balaban J connectivity index is 2.12. The summed E-state index contributed by atoms with van der Waals surface area (Å²) >= 11 is 0. The zero-order chi connectivity index (χ0) is 15.1. The van der Waals surface area contributed by atoms with Crippen LogP contribution in [0.4, 0.5) is 0 Å². The van der Waals surface area contributed by atoms with Crippen LogP contribution in [-0.2, 0) is 4.74 Å². The second-order valence-electron chi connectivity index (χ2n) is 4.41. The third-order valence-corrected chi connectivity index (χ3v) is 3.07. The number of nitrogens with zero attached hydrogens (tertiary/aromatic N) is 4. The molecule has 0 bridgehead atoms. The van der Waals surface area contributed by atoms with Crippen LogP contribution in [-0.4, -0.2) is 51.9 Å². The zero-order valence-corrected chi connectivity index (χ0v) is 12.4. The number of likely N-dealkylation sites (N-methyl/N-ethyl adjacent to an activating group) is 1. The van der Waals surface area contributed by atoms with Gasteiger partial charge in [0.1, 0.15) is 5.69 Å². The number of amides is 1. The van der Waals surface area contributed by atoms with Crippen LogP contribution in [0.2, 0.25) is 0 Å². The Morgan fingerprint density at radius 1 is 1.33 bits per heavy atom. The van der Waals surface area contributed by atoms with Gasteiger partial charge in [0.25, 0.3) is 5.91 Å². The fourth-order valence-corrected chi connectivity index (χ4v) is 1.96. The lowest BCUT2D eigenvalue weighted by atomic mass is 10.3. The molecule has 0 N–H and O–H groups in total. The van der Waals surface area contributed by atoms with Crippen molar-refractivity contribution in [1.82, 2.24) is 19.7 Å². The first-order chi connectivity index (χ1) is 10.3. The summed E-state index contributed by atoms with van der Waals surface area (Å²) in [6, 6.07) is 7.17. The lowest BCUT2D eigenvalue weighted by Gasteiger charge is -2.20. The summed E-state index contributed by atoms with van der Waals surface area (Å²) in [7, 11) is 0. The fourth-order valence-electron chi connectivity index (χ4n) is 1.96. The molecule has 0 radical (unpaired) electrons. The van der Waals surface area contributed by atoms with Crippen LogP contribution in [0.25, 0.3) is 5.82 Å². The molecule has 0 aromatic carbocycles. The van der Waals surface area contributed by atoms with Crippen molar-refractivity contribution in [2.75, 3.05) is 26.3 Å². The predicted molar refractivity (Wildman–Crippen MR) is 79.4 cm³/mol. The lowest BCUT2D eigenvalue weighted by molar-refractivity contribution is 0.0663. The Labute approximate surface area is 124 Å². The minimum Gasteiger partial charge on any atom is -0.380 e. The molecule has 0 unspecified atom stereocenters. The Kier molecular flexibility index (Phi) is 5.45. The highest BCUT2D eigenvalue weighted by Gasteiger charge is 2.16. The van der Waals surface area contributed by atoms with Crippen LogP contribution in [0.3, 0.4) is 0 Å². The van der Waals surface area contributed by atoms with Crippen LogP contribution in [0.1, 0.15) is 24.3 Å². The molecule has 2 aromatic heterocycles. The van der Waals surface area contributed by atoms with E-state index in [-0.39, 0.29) is 5.91 Å². The van der Waals surface area contributed by atoms with Crippen LogP contribution >= 0.6 is 0 Å². The van der Waals surface area contributed by atoms with Crippen molar-refractivity contribution >= 4 is 5.91 Å². The Hall–Kier alpha value is -2.21. The fraction of sp³-hybridized carbons (Fsp3) is 0.400. The SMILES string of the molecule is CCOCCN(CC)C(=O)c1cccc(-n2cccn2)n1. The summed E-state index contributed by atoms with van der Waals surface area (Å²) in [5.74, 6) is 0.540. The third-order valence-electron chi connectivity index (χ3n) is 3.07. The molecule has 1 amide bonds. The van der Waals surface area contributed by atoms with Crippen molar-refractivity contribution in [1.29, 1.82) is 0 Å². The molecule has 0 saturated carbocycles. The van der Waals surface area contributed by atoms with E-state index in [4.69, 9.17) is 4.74 Å². The number of hydrogen-bond donors (Lipinski definition) is 0. The highest BCUT2D eigenvalue weighted by atomic mass is 16.5. The summed E-state index contributed by atoms with van der Waals surface area (Å²) < 4.78 is 6.94. The van der Waals surface area contributed by atoms with Crippen molar-refractivity contribution in [3.63, 3.8) is 0 Å². The van der Waals surface area contributed by atoms with Gasteiger partial charge in [-0.05, 0) is 32.0 Å². The standard InChI is InChI=1S/C15H20N4O2/c1-3-18(11-12-21-4-2)15(20)13-7-5-8-14(17-13)19-10-6-9-16-19/h5-10H,3-4,11-12H2,1-2H3. The molecule has 0 atom stereocenters. The van der Waals surface area contributed by atoms with Gasteiger partial charge in [0, 0.05) is 32.1 Å². The topological polar surface area (TPSA) is 60.2 Å². The van der Waals surface area contributed by atoms with Crippen molar-refractivity contribution in [2.24, 2.45) is 0 Å². The Bertz CT molecular complexity index is 569. The van der Waals surface area contributed by atoms with E-state index in [0.29, 0.717) is 37.8 Å². The number of hydrogen-bond acceptors (Lipinski definition) is 4. The molecule has 0 spiro atoms. The number of pyridine rings is 1. The van der Waals surface area contributed by atoms with E-state index >= 15 is 0 Å². The molecule has 6 nitrogen and oxygen atoms in total. The number of carbonyl (C=O) groups is 1. The van der Waals surface area contributed by atoms with Crippen molar-refractivity contribution < 1.29 is 9.53 Å². The van der Waals surface area contributed by atoms with E-state index in [9.17, 15) is 4.79 Å². The van der Waals surface area contributed by atoms with Crippen LogP contribution in [0, 0.1) is 0 Å². The first-order valence-corrected chi connectivity index (χ1v) is 7.10. The van der Waals surface area contributed by atoms with Gasteiger partial charge in [-0.15, -0.1) is 0 Å². The summed E-state index contributed by atoms with van der Waals surface area (Å²) in [4.78, 5) is 18.6. The van der Waals surface area contributed by atoms with Gasteiger partial charge in [-0.25, -0.2) is 9.67 Å². The molecule has 112 valence electrons. The zero-order valence-electron chi connectivity index (χ0n) is 12.4. The molecule has 0 aliphatic carbocycles. The second-order valence-corrected chi connectivity index (χ2v) is 4.41. The molecular formula is C15H20N4O2. The molecule has 6 heteroatoms. The van der Waals surface area contributed by atoms with E-state index in [1.165, 1.54) is 0 Å². The number of carbonyl (C=O) groups excluding carboxylic acids is 1. The largest absolute Gasteiger partial charge is 0.380 e. The molecule has 2 aromatic rings. The molecule has 0 fully saturated rings. The van der Waals surface area contributed by atoms with E-state index in [2.05, 4.69) is 10.1 Å². The van der Waals surface area contributed by atoms with Crippen molar-refractivity contribution in [2.45, 2.75) is 13.8 Å². The van der Waals surface area contributed by atoms with Crippen molar-refractivity contribution in [3.05, 3.63) is 42.4 Å². The highest BCUT2D eigenvalue weighted by molar-refractivity contribution is 5.92. The molecule has 0 aliphatic heterocycles. The van der Waals surface area contributed by atoms with Crippen LogP contribution < -0.4 is 0 Å². The summed E-state index contributed by atoms with van der Waals surface area (Å²) in [6.45, 7) is 6.26. The number of ether oxygens (including phenoxy) is 1. The maximum Gasteiger partial charge on any atom is 0.272 e. The van der Waals surface area contributed by atoms with Crippen LogP contribution in [0.5, 0.6) is 0 Å². The first kappa shape index (κ1) is 15.2. The number of rotatable bonds is 7. The maximum absolute atomic E-state index is 12.5. The summed E-state index contributed by atoms with van der Waals surface area (Å²) in [6.07, 6.45) is 3.47. The Morgan fingerprint density at radius 3 is 2.86 bits per heavy atom. The van der Waals surface area contributed by atoms with Gasteiger partial charge in [-0.1, -0.05) is 6.07 Å². The van der Waals surface area contributed by atoms with E-state index in [0.717, 1.165) is 0 Å². The van der Waals surface area contributed by atoms with Gasteiger partial charge in [0.2, 0.25) is 0 Å². The molecule has 2 heterocycles. The molecule has 2 rings (SSSR count). The monoisotopic (exact) mass is 288 g/mol. The number of aromatic nitrogens is 3. The molecule has 21 heavy (non-hydrogen) atoms. The smallest absolute Gasteiger partial charge is 0.272 e. The minimum absolute atomic E-state index is 0.0915. The van der Waals surface area contributed by atoms with Gasteiger partial charge in [0.05, 0.1) is 6.61 Å². The van der Waals surface area contributed by atoms with Gasteiger partial charge in [-0.2, -0.15) is 5.10 Å².